The Labute approximate surface area is 156 Å². The third-order valence-corrected chi connectivity index (χ3v) is 3.97. The van der Waals surface area contributed by atoms with Gasteiger partial charge in [0.2, 0.25) is 0 Å². The van der Waals surface area contributed by atoms with Crippen molar-refractivity contribution in [1.29, 1.82) is 0 Å². The van der Waals surface area contributed by atoms with Crippen LogP contribution in [0.2, 0.25) is 0 Å². The Morgan fingerprint density at radius 1 is 1.22 bits per heavy atom. The average Bonchev–Trinajstić information content (AvgIpc) is 2.67. The second-order valence-electron chi connectivity index (χ2n) is 5.97. The molecule has 2 aromatic carbocycles. The third-order valence-electron chi connectivity index (χ3n) is 3.97. The highest BCUT2D eigenvalue weighted by atomic mass is 16.6. The summed E-state index contributed by atoms with van der Waals surface area (Å²) in [5.41, 5.74) is 0.992. The van der Waals surface area contributed by atoms with Crippen molar-refractivity contribution < 1.29 is 19.2 Å². The lowest BCUT2D eigenvalue weighted by molar-refractivity contribution is -0.384. The van der Waals surface area contributed by atoms with Crippen LogP contribution in [0.1, 0.15) is 22.8 Å². The lowest BCUT2D eigenvalue weighted by Crippen LogP contribution is -2.37. The monoisotopic (exact) mass is 371 g/mol. The number of ether oxygens (including phenoxy) is 1. The molecule has 0 fully saturated rings. The lowest BCUT2D eigenvalue weighted by Gasteiger charge is -2.21. The van der Waals surface area contributed by atoms with Gasteiger partial charge in [-0.25, -0.2) is 4.79 Å². The maximum atomic E-state index is 12.4. The molecule has 0 aliphatic heterocycles. The molecule has 0 aromatic heterocycles. The molecule has 0 spiro atoms. The maximum absolute atomic E-state index is 12.4. The number of carbonyl (C=O) groups excluding carboxylic acids is 2. The van der Waals surface area contributed by atoms with Gasteiger partial charge in [0, 0.05) is 26.7 Å². The van der Waals surface area contributed by atoms with E-state index in [1.165, 1.54) is 24.0 Å². The number of benzene rings is 2. The number of rotatable bonds is 7. The average molecular weight is 371 g/mol. The SMILES string of the molecule is CNc1ccc(C(=O)O[C@@H](C)C(=O)N(C)Cc2ccccc2)cc1[N+](=O)[O-]. The lowest BCUT2D eigenvalue weighted by atomic mass is 10.1. The first-order chi connectivity index (χ1) is 12.8. The molecule has 0 aliphatic rings. The predicted molar refractivity (Wildman–Crippen MR) is 100 cm³/mol. The maximum Gasteiger partial charge on any atom is 0.339 e. The molecule has 0 heterocycles. The van der Waals surface area contributed by atoms with E-state index in [1.54, 1.807) is 14.1 Å². The van der Waals surface area contributed by atoms with Crippen molar-refractivity contribution in [2.75, 3.05) is 19.4 Å². The number of hydrogen-bond acceptors (Lipinski definition) is 6. The highest BCUT2D eigenvalue weighted by molar-refractivity contribution is 5.93. The number of nitrogens with zero attached hydrogens (tertiary/aromatic N) is 2. The smallest absolute Gasteiger partial charge is 0.339 e. The van der Waals surface area contributed by atoms with E-state index < -0.39 is 17.0 Å². The van der Waals surface area contributed by atoms with E-state index in [0.29, 0.717) is 6.54 Å². The first kappa shape index (κ1) is 19.9. The van der Waals surface area contributed by atoms with E-state index >= 15 is 0 Å². The van der Waals surface area contributed by atoms with E-state index in [9.17, 15) is 19.7 Å². The molecule has 8 heteroatoms. The first-order valence-corrected chi connectivity index (χ1v) is 8.29. The van der Waals surface area contributed by atoms with Gasteiger partial charge in [-0.3, -0.25) is 14.9 Å². The van der Waals surface area contributed by atoms with Crippen LogP contribution in [0, 0.1) is 10.1 Å². The number of nitro benzene ring substituents is 1. The first-order valence-electron chi connectivity index (χ1n) is 8.29. The minimum Gasteiger partial charge on any atom is -0.449 e. The summed E-state index contributed by atoms with van der Waals surface area (Å²) < 4.78 is 5.19. The summed E-state index contributed by atoms with van der Waals surface area (Å²) in [4.78, 5) is 36.7. The Kier molecular flexibility index (Phi) is 6.48. The molecule has 1 atom stereocenters. The van der Waals surface area contributed by atoms with Crippen LogP contribution in [0.5, 0.6) is 0 Å². The topological polar surface area (TPSA) is 102 Å². The summed E-state index contributed by atoms with van der Waals surface area (Å²) in [7, 11) is 3.16. The number of nitro groups is 1. The number of amides is 1. The summed E-state index contributed by atoms with van der Waals surface area (Å²) in [5.74, 6) is -1.16. The zero-order valence-corrected chi connectivity index (χ0v) is 15.3. The molecule has 1 amide bonds. The molecule has 0 saturated carbocycles. The van der Waals surface area contributed by atoms with Gasteiger partial charge in [0.25, 0.3) is 11.6 Å². The number of likely N-dealkylation sites (N-methyl/N-ethyl adjacent to an activating group) is 1. The molecule has 8 nitrogen and oxygen atoms in total. The van der Waals surface area contributed by atoms with E-state index in [1.807, 2.05) is 30.3 Å². The summed E-state index contributed by atoms with van der Waals surface area (Å²) in [6.07, 6.45) is -1.02. The second kappa shape index (κ2) is 8.79. The van der Waals surface area contributed by atoms with Gasteiger partial charge in [0.15, 0.2) is 6.10 Å². The summed E-state index contributed by atoms with van der Waals surface area (Å²) in [6, 6.07) is 13.4. The Morgan fingerprint density at radius 2 is 1.89 bits per heavy atom. The van der Waals surface area contributed by atoms with Crippen molar-refractivity contribution in [1.82, 2.24) is 4.90 Å². The van der Waals surface area contributed by atoms with Crippen molar-refractivity contribution >= 4 is 23.3 Å². The van der Waals surface area contributed by atoms with Crippen LogP contribution in [-0.2, 0) is 16.1 Å². The molecule has 0 aliphatic carbocycles. The van der Waals surface area contributed by atoms with Crippen molar-refractivity contribution in [2.45, 2.75) is 19.6 Å². The summed E-state index contributed by atoms with van der Waals surface area (Å²) in [5, 5.41) is 13.8. The largest absolute Gasteiger partial charge is 0.449 e. The molecule has 1 N–H and O–H groups in total. The molecule has 0 bridgehead atoms. The Bertz CT molecular complexity index is 838. The minimum atomic E-state index is -1.02. The highest BCUT2D eigenvalue weighted by Crippen LogP contribution is 2.25. The fourth-order valence-electron chi connectivity index (χ4n) is 2.55. The predicted octanol–water partition coefficient (Wildman–Crippen LogP) is 2.84. The second-order valence-corrected chi connectivity index (χ2v) is 5.97. The van der Waals surface area contributed by atoms with Gasteiger partial charge >= 0.3 is 5.97 Å². The zero-order chi connectivity index (χ0) is 20.0. The van der Waals surface area contributed by atoms with Crippen molar-refractivity contribution in [2.24, 2.45) is 0 Å². The van der Waals surface area contributed by atoms with E-state index in [2.05, 4.69) is 5.32 Å². The Morgan fingerprint density at radius 3 is 2.48 bits per heavy atom. The normalized spacial score (nSPS) is 11.4. The zero-order valence-electron chi connectivity index (χ0n) is 15.3. The van der Waals surface area contributed by atoms with Gasteiger partial charge in [-0.2, -0.15) is 0 Å². The van der Waals surface area contributed by atoms with Crippen LogP contribution in [0.25, 0.3) is 0 Å². The molecule has 142 valence electrons. The summed E-state index contributed by atoms with van der Waals surface area (Å²) in [6.45, 7) is 1.85. The molecule has 0 unspecified atom stereocenters. The minimum absolute atomic E-state index is 0.00561. The van der Waals surface area contributed by atoms with Crippen LogP contribution >= 0.6 is 0 Å². The molecular weight excluding hydrogens is 350 g/mol. The molecule has 27 heavy (non-hydrogen) atoms. The van der Waals surface area contributed by atoms with E-state index in [0.717, 1.165) is 11.6 Å². The van der Waals surface area contributed by atoms with Gasteiger partial charge in [-0.1, -0.05) is 30.3 Å². The molecule has 0 radical (unpaired) electrons. The molecule has 2 aromatic rings. The fourth-order valence-corrected chi connectivity index (χ4v) is 2.55. The summed E-state index contributed by atoms with van der Waals surface area (Å²) >= 11 is 0. The van der Waals surface area contributed by atoms with Gasteiger partial charge in [0.05, 0.1) is 10.5 Å². The number of nitrogens with one attached hydrogen (secondary N) is 1. The van der Waals surface area contributed by atoms with Gasteiger partial charge in [-0.15, -0.1) is 0 Å². The van der Waals surface area contributed by atoms with Crippen molar-refractivity contribution in [3.63, 3.8) is 0 Å². The van der Waals surface area contributed by atoms with Gasteiger partial charge in [-0.05, 0) is 24.6 Å². The van der Waals surface area contributed by atoms with Crippen LogP contribution in [0.3, 0.4) is 0 Å². The van der Waals surface area contributed by atoms with E-state index in [4.69, 9.17) is 4.74 Å². The van der Waals surface area contributed by atoms with Crippen LogP contribution in [0.15, 0.2) is 48.5 Å². The van der Waals surface area contributed by atoms with Gasteiger partial charge in [0.1, 0.15) is 5.69 Å². The van der Waals surface area contributed by atoms with Crippen molar-refractivity contribution in [3.05, 3.63) is 69.8 Å². The van der Waals surface area contributed by atoms with Crippen LogP contribution in [0.4, 0.5) is 11.4 Å². The Balaban J connectivity index is 2.05. The highest BCUT2D eigenvalue weighted by Gasteiger charge is 2.24. The number of anilines is 1. The standard InChI is InChI=1S/C19H21N3O5/c1-13(18(23)21(3)12-14-7-5-4-6-8-14)27-19(24)15-9-10-16(20-2)17(11-15)22(25)26/h4-11,13,20H,12H2,1-3H3/t13-/m0/s1. The van der Waals surface area contributed by atoms with Crippen LogP contribution in [-0.4, -0.2) is 41.9 Å². The molecule has 0 saturated heterocycles. The molecule has 2 rings (SSSR count). The Hall–Kier alpha value is -3.42. The quantitative estimate of drug-likeness (QED) is 0.456. The number of carbonyl (C=O) groups is 2. The van der Waals surface area contributed by atoms with Gasteiger partial charge < -0.3 is 15.0 Å². The fraction of sp³-hybridized carbons (Fsp3) is 0.263. The number of esters is 1. The van der Waals surface area contributed by atoms with Crippen molar-refractivity contribution in [3.8, 4) is 0 Å². The van der Waals surface area contributed by atoms with E-state index in [-0.39, 0.29) is 22.8 Å². The van der Waals surface area contributed by atoms with Crippen LogP contribution < -0.4 is 5.32 Å². The molecular formula is C19H21N3O5. The third kappa shape index (κ3) is 5.04. The number of hydrogen-bond donors (Lipinski definition) is 1.